The maximum atomic E-state index is 11.0. The molecule has 0 saturated carbocycles. The molecule has 1 aliphatic rings. The molecule has 108 valence electrons. The highest BCUT2D eigenvalue weighted by Crippen LogP contribution is 2.32. The molecule has 2 aromatic carbocycles. The Hall–Kier alpha value is -1.61. The molecule has 0 spiro atoms. The maximum Gasteiger partial charge on any atom is 0.151 e. The third-order valence-electron chi connectivity index (χ3n) is 4.04. The van der Waals surface area contributed by atoms with Gasteiger partial charge in [-0.25, -0.2) is 0 Å². The quantitative estimate of drug-likeness (QED) is 0.747. The molecule has 0 radical (unpaired) electrons. The van der Waals surface area contributed by atoms with Crippen LogP contribution < -0.4 is 4.74 Å². The number of carbonyl (C=O) groups excluding carboxylic acids is 1. The molecule has 0 saturated heterocycles. The molecule has 2 aromatic rings. The summed E-state index contributed by atoms with van der Waals surface area (Å²) in [4.78, 5) is 11.0. The summed E-state index contributed by atoms with van der Waals surface area (Å²) in [7, 11) is 0. The number of halogens is 1. The number of benzene rings is 2. The smallest absolute Gasteiger partial charge is 0.151 e. The molecule has 3 heteroatoms. The summed E-state index contributed by atoms with van der Waals surface area (Å²) in [6.45, 7) is 0.664. The number of aryl methyl sites for hydroxylation is 1. The van der Waals surface area contributed by atoms with E-state index in [0.29, 0.717) is 18.1 Å². The highest BCUT2D eigenvalue weighted by Gasteiger charge is 2.20. The summed E-state index contributed by atoms with van der Waals surface area (Å²) >= 11 is 3.35. The van der Waals surface area contributed by atoms with Crippen LogP contribution in [0.15, 0.2) is 46.9 Å². The van der Waals surface area contributed by atoms with Crippen molar-refractivity contribution in [3.8, 4) is 5.75 Å². The number of ether oxygens (including phenoxy) is 1. The predicted octanol–water partition coefficient (Wildman–Crippen LogP) is 4.76. The molecule has 0 aromatic heterocycles. The van der Waals surface area contributed by atoms with Crippen molar-refractivity contribution in [2.24, 2.45) is 0 Å². The second-order valence-corrected chi connectivity index (χ2v) is 6.25. The molecule has 0 amide bonds. The van der Waals surface area contributed by atoms with Crippen LogP contribution in [-0.2, 0) is 6.42 Å². The van der Waals surface area contributed by atoms with Gasteiger partial charge in [0.05, 0.1) is 6.61 Å². The van der Waals surface area contributed by atoms with Crippen LogP contribution in [0.3, 0.4) is 0 Å². The van der Waals surface area contributed by atoms with Gasteiger partial charge in [0.1, 0.15) is 5.75 Å². The van der Waals surface area contributed by atoms with Crippen molar-refractivity contribution in [2.45, 2.75) is 25.2 Å². The van der Waals surface area contributed by atoms with E-state index in [2.05, 4.69) is 40.2 Å². The number of hydrogen-bond acceptors (Lipinski definition) is 2. The standard InChI is InChI=1S/C18H17BrO2/c19-18-9-8-16(10-15(18)11-20)21-12-14-6-3-5-13-4-1-2-7-17(13)14/h1-2,4,7-11,14H,3,5-6,12H2. The fraction of sp³-hybridized carbons (Fsp3) is 0.278. The fourth-order valence-electron chi connectivity index (χ4n) is 2.93. The summed E-state index contributed by atoms with van der Waals surface area (Å²) in [6, 6.07) is 14.2. The van der Waals surface area contributed by atoms with Gasteiger partial charge in [-0.05, 0) is 48.6 Å². The van der Waals surface area contributed by atoms with Gasteiger partial charge in [0, 0.05) is 16.0 Å². The lowest BCUT2D eigenvalue weighted by atomic mass is 9.83. The van der Waals surface area contributed by atoms with E-state index in [1.165, 1.54) is 24.0 Å². The Morgan fingerprint density at radius 1 is 1.24 bits per heavy atom. The molecule has 0 heterocycles. The molecular formula is C18H17BrO2. The summed E-state index contributed by atoms with van der Waals surface area (Å²) in [5.74, 6) is 1.20. The van der Waals surface area contributed by atoms with Crippen molar-refractivity contribution < 1.29 is 9.53 Å². The SMILES string of the molecule is O=Cc1cc(OCC2CCCc3ccccc32)ccc1Br. The van der Waals surface area contributed by atoms with Crippen molar-refractivity contribution in [1.82, 2.24) is 0 Å². The lowest BCUT2D eigenvalue weighted by Gasteiger charge is -2.25. The van der Waals surface area contributed by atoms with Gasteiger partial charge >= 0.3 is 0 Å². The normalized spacial score (nSPS) is 17.1. The van der Waals surface area contributed by atoms with Gasteiger partial charge < -0.3 is 4.74 Å². The Balaban J connectivity index is 1.73. The monoisotopic (exact) mass is 344 g/mol. The summed E-state index contributed by atoms with van der Waals surface area (Å²) < 4.78 is 6.72. The van der Waals surface area contributed by atoms with E-state index in [9.17, 15) is 4.79 Å². The lowest BCUT2D eigenvalue weighted by Crippen LogP contribution is -2.16. The summed E-state index contributed by atoms with van der Waals surface area (Å²) in [6.07, 6.45) is 4.38. The second kappa shape index (κ2) is 6.44. The van der Waals surface area contributed by atoms with E-state index < -0.39 is 0 Å². The molecule has 1 unspecified atom stereocenters. The molecule has 0 fully saturated rings. The van der Waals surface area contributed by atoms with Crippen LogP contribution in [0.2, 0.25) is 0 Å². The van der Waals surface area contributed by atoms with Crippen molar-refractivity contribution in [3.05, 3.63) is 63.6 Å². The van der Waals surface area contributed by atoms with Crippen LogP contribution in [0, 0.1) is 0 Å². The van der Waals surface area contributed by atoms with Crippen LogP contribution in [0.4, 0.5) is 0 Å². The molecular weight excluding hydrogens is 328 g/mol. The Labute approximate surface area is 133 Å². The Morgan fingerprint density at radius 2 is 2.10 bits per heavy atom. The molecule has 2 nitrogen and oxygen atoms in total. The minimum atomic E-state index is 0.443. The van der Waals surface area contributed by atoms with Gasteiger partial charge in [-0.15, -0.1) is 0 Å². The maximum absolute atomic E-state index is 11.0. The highest BCUT2D eigenvalue weighted by molar-refractivity contribution is 9.10. The van der Waals surface area contributed by atoms with Crippen LogP contribution in [-0.4, -0.2) is 12.9 Å². The first-order chi connectivity index (χ1) is 10.3. The van der Waals surface area contributed by atoms with Crippen LogP contribution in [0.25, 0.3) is 0 Å². The van der Waals surface area contributed by atoms with Gasteiger partial charge in [0.15, 0.2) is 6.29 Å². The molecule has 1 atom stereocenters. The number of hydrogen-bond donors (Lipinski definition) is 0. The fourth-order valence-corrected chi connectivity index (χ4v) is 3.27. The largest absolute Gasteiger partial charge is 0.493 e. The third kappa shape index (κ3) is 3.18. The summed E-state index contributed by atoms with van der Waals surface area (Å²) in [5, 5.41) is 0. The first-order valence-corrected chi connectivity index (χ1v) is 8.02. The molecule has 3 rings (SSSR count). The Kier molecular flexibility index (Phi) is 4.39. The topological polar surface area (TPSA) is 26.3 Å². The number of aldehydes is 1. The van der Waals surface area contributed by atoms with E-state index in [4.69, 9.17) is 4.74 Å². The molecule has 1 aliphatic carbocycles. The van der Waals surface area contributed by atoms with Crippen molar-refractivity contribution in [2.75, 3.05) is 6.61 Å². The second-order valence-electron chi connectivity index (χ2n) is 5.40. The van der Waals surface area contributed by atoms with Crippen molar-refractivity contribution >= 4 is 22.2 Å². The molecule has 0 aliphatic heterocycles. The van der Waals surface area contributed by atoms with Crippen LogP contribution in [0.5, 0.6) is 5.75 Å². The number of rotatable bonds is 4. The average molecular weight is 345 g/mol. The van der Waals surface area contributed by atoms with E-state index in [-0.39, 0.29) is 0 Å². The molecule has 0 bridgehead atoms. The highest BCUT2D eigenvalue weighted by atomic mass is 79.9. The van der Waals surface area contributed by atoms with Gasteiger partial charge in [-0.2, -0.15) is 0 Å². The van der Waals surface area contributed by atoms with E-state index in [0.717, 1.165) is 22.9 Å². The zero-order chi connectivity index (χ0) is 14.7. The Bertz CT molecular complexity index is 651. The van der Waals surface area contributed by atoms with Gasteiger partial charge in [0.25, 0.3) is 0 Å². The molecule has 21 heavy (non-hydrogen) atoms. The first kappa shape index (κ1) is 14.3. The number of fused-ring (bicyclic) bond motifs is 1. The van der Waals surface area contributed by atoms with Gasteiger partial charge in [-0.3, -0.25) is 4.79 Å². The van der Waals surface area contributed by atoms with E-state index in [1.807, 2.05) is 12.1 Å². The minimum Gasteiger partial charge on any atom is -0.493 e. The molecule has 0 N–H and O–H groups in total. The van der Waals surface area contributed by atoms with Crippen molar-refractivity contribution in [3.63, 3.8) is 0 Å². The van der Waals surface area contributed by atoms with Crippen LogP contribution in [0.1, 0.15) is 40.2 Å². The van der Waals surface area contributed by atoms with Gasteiger partial charge in [0.2, 0.25) is 0 Å². The number of carbonyl (C=O) groups is 1. The van der Waals surface area contributed by atoms with Crippen LogP contribution >= 0.6 is 15.9 Å². The van der Waals surface area contributed by atoms with Crippen molar-refractivity contribution in [1.29, 1.82) is 0 Å². The van der Waals surface area contributed by atoms with E-state index >= 15 is 0 Å². The van der Waals surface area contributed by atoms with E-state index in [1.54, 1.807) is 6.07 Å². The average Bonchev–Trinajstić information content (AvgIpc) is 2.54. The Morgan fingerprint density at radius 3 is 2.95 bits per heavy atom. The van der Waals surface area contributed by atoms with Gasteiger partial charge in [-0.1, -0.05) is 40.2 Å². The minimum absolute atomic E-state index is 0.443. The lowest BCUT2D eigenvalue weighted by molar-refractivity contribution is 0.112. The zero-order valence-electron chi connectivity index (χ0n) is 11.7. The first-order valence-electron chi connectivity index (χ1n) is 7.23. The summed E-state index contributed by atoms with van der Waals surface area (Å²) in [5.41, 5.74) is 3.48. The third-order valence-corrected chi connectivity index (χ3v) is 4.76. The zero-order valence-corrected chi connectivity index (χ0v) is 13.3. The predicted molar refractivity (Wildman–Crippen MR) is 87.1 cm³/mol.